The minimum Gasteiger partial charge on any atom is -0.300 e. The van der Waals surface area contributed by atoms with Gasteiger partial charge >= 0.3 is 0 Å². The SMILES string of the molecule is CN1C2CCCC1CC(C(=O)c1cc(F)c(F)cc1F)C2. The van der Waals surface area contributed by atoms with E-state index in [-0.39, 0.29) is 11.5 Å². The maximum Gasteiger partial charge on any atom is 0.169 e. The van der Waals surface area contributed by atoms with E-state index in [1.165, 1.54) is 0 Å². The van der Waals surface area contributed by atoms with Crippen LogP contribution in [0.25, 0.3) is 0 Å². The molecule has 2 saturated heterocycles. The first-order valence-corrected chi connectivity index (χ1v) is 7.38. The monoisotopic (exact) mass is 297 g/mol. The Kier molecular flexibility index (Phi) is 3.78. The highest BCUT2D eigenvalue weighted by Gasteiger charge is 2.39. The van der Waals surface area contributed by atoms with Gasteiger partial charge in [-0.2, -0.15) is 0 Å². The first-order chi connectivity index (χ1) is 9.97. The van der Waals surface area contributed by atoms with Crippen molar-refractivity contribution in [1.82, 2.24) is 4.90 Å². The zero-order valence-electron chi connectivity index (χ0n) is 11.9. The summed E-state index contributed by atoms with van der Waals surface area (Å²) < 4.78 is 40.0. The van der Waals surface area contributed by atoms with Gasteiger partial charge in [-0.05, 0) is 38.8 Å². The number of Topliss-reactive ketones (excluding diaryl/α,β-unsaturated/α-hetero) is 1. The molecule has 0 spiro atoms. The average molecular weight is 297 g/mol. The zero-order chi connectivity index (χ0) is 15.1. The van der Waals surface area contributed by atoms with E-state index >= 15 is 0 Å². The minimum absolute atomic E-state index is 0.295. The lowest BCUT2D eigenvalue weighted by Crippen LogP contribution is -2.51. The average Bonchev–Trinajstić information content (AvgIpc) is 2.42. The van der Waals surface area contributed by atoms with Crippen molar-refractivity contribution in [3.8, 4) is 0 Å². The number of fused-ring (bicyclic) bond motifs is 2. The lowest BCUT2D eigenvalue weighted by Gasteiger charge is -2.46. The third kappa shape index (κ3) is 2.59. The van der Waals surface area contributed by atoms with Gasteiger partial charge < -0.3 is 4.90 Å². The zero-order valence-corrected chi connectivity index (χ0v) is 11.9. The predicted molar refractivity (Wildman–Crippen MR) is 72.6 cm³/mol. The summed E-state index contributed by atoms with van der Waals surface area (Å²) >= 11 is 0. The number of nitrogens with zero attached hydrogens (tertiary/aromatic N) is 1. The number of carbonyl (C=O) groups is 1. The van der Waals surface area contributed by atoms with Crippen molar-refractivity contribution in [2.24, 2.45) is 5.92 Å². The first-order valence-electron chi connectivity index (χ1n) is 7.38. The van der Waals surface area contributed by atoms with Crippen molar-refractivity contribution in [1.29, 1.82) is 0 Å². The molecule has 2 nitrogen and oxygen atoms in total. The Morgan fingerprint density at radius 1 is 1.05 bits per heavy atom. The maximum atomic E-state index is 13.8. The number of ketones is 1. The van der Waals surface area contributed by atoms with Crippen LogP contribution in [0.2, 0.25) is 0 Å². The summed E-state index contributed by atoms with van der Waals surface area (Å²) in [6.07, 6.45) is 4.57. The van der Waals surface area contributed by atoms with Crippen LogP contribution in [0, 0.1) is 23.4 Å². The minimum atomic E-state index is -1.26. The van der Waals surface area contributed by atoms with E-state index in [0.29, 0.717) is 37.1 Å². The number of carbonyl (C=O) groups excluding carboxylic acids is 1. The van der Waals surface area contributed by atoms with Crippen molar-refractivity contribution in [3.05, 3.63) is 35.1 Å². The van der Waals surface area contributed by atoms with E-state index in [9.17, 15) is 18.0 Å². The van der Waals surface area contributed by atoms with Crippen LogP contribution >= 0.6 is 0 Å². The van der Waals surface area contributed by atoms with Crippen LogP contribution in [0.1, 0.15) is 42.5 Å². The molecule has 2 bridgehead atoms. The number of benzene rings is 1. The molecule has 2 heterocycles. The second-order valence-electron chi connectivity index (χ2n) is 6.18. The highest BCUT2D eigenvalue weighted by Crippen LogP contribution is 2.37. The predicted octanol–water partition coefficient (Wildman–Crippen LogP) is 3.55. The van der Waals surface area contributed by atoms with Crippen LogP contribution in [-0.4, -0.2) is 29.8 Å². The summed E-state index contributed by atoms with van der Waals surface area (Å²) in [6.45, 7) is 0. The fourth-order valence-corrected chi connectivity index (χ4v) is 3.76. The molecule has 0 aromatic heterocycles. The molecule has 0 N–H and O–H groups in total. The van der Waals surface area contributed by atoms with Crippen LogP contribution in [0.5, 0.6) is 0 Å². The Morgan fingerprint density at radius 3 is 2.24 bits per heavy atom. The molecule has 2 unspecified atom stereocenters. The van der Waals surface area contributed by atoms with Gasteiger partial charge in [-0.25, -0.2) is 13.2 Å². The molecule has 0 saturated carbocycles. The fourth-order valence-electron chi connectivity index (χ4n) is 3.76. The van der Waals surface area contributed by atoms with Crippen molar-refractivity contribution in [2.45, 2.75) is 44.2 Å². The van der Waals surface area contributed by atoms with E-state index in [2.05, 4.69) is 11.9 Å². The summed E-state index contributed by atoms with van der Waals surface area (Å²) in [5.41, 5.74) is -0.318. The molecule has 2 atom stereocenters. The highest BCUT2D eigenvalue weighted by atomic mass is 19.2. The van der Waals surface area contributed by atoms with E-state index in [1.54, 1.807) is 0 Å². The van der Waals surface area contributed by atoms with Crippen LogP contribution in [0.4, 0.5) is 13.2 Å². The van der Waals surface area contributed by atoms with E-state index < -0.39 is 23.2 Å². The number of piperidine rings is 2. The Morgan fingerprint density at radius 2 is 1.62 bits per heavy atom. The number of halogens is 3. The molecule has 5 heteroatoms. The van der Waals surface area contributed by atoms with Gasteiger partial charge in [0.2, 0.25) is 0 Å². The van der Waals surface area contributed by atoms with Gasteiger partial charge in [0, 0.05) is 24.1 Å². The third-order valence-corrected chi connectivity index (χ3v) is 4.99. The van der Waals surface area contributed by atoms with Crippen LogP contribution in [0.3, 0.4) is 0 Å². The van der Waals surface area contributed by atoms with Crippen LogP contribution < -0.4 is 0 Å². The summed E-state index contributed by atoms with van der Waals surface area (Å²) in [7, 11) is 2.06. The van der Waals surface area contributed by atoms with E-state index in [0.717, 1.165) is 19.3 Å². The van der Waals surface area contributed by atoms with Crippen molar-refractivity contribution >= 4 is 5.78 Å². The molecular formula is C16H18F3NO. The number of rotatable bonds is 2. The van der Waals surface area contributed by atoms with Gasteiger partial charge in [-0.1, -0.05) is 6.42 Å². The quantitative estimate of drug-likeness (QED) is 0.614. The standard InChI is InChI=1S/C16H18F3NO/c1-20-10-3-2-4-11(20)6-9(5-10)16(21)12-7-14(18)15(19)8-13(12)17/h7-11H,2-6H2,1H3. The van der Waals surface area contributed by atoms with Gasteiger partial charge in [-0.3, -0.25) is 4.79 Å². The summed E-state index contributed by atoms with van der Waals surface area (Å²) in [5.74, 6) is -4.09. The number of hydrogen-bond donors (Lipinski definition) is 0. The van der Waals surface area contributed by atoms with E-state index in [1.807, 2.05) is 0 Å². The molecule has 0 aliphatic carbocycles. The molecule has 114 valence electrons. The lowest BCUT2D eigenvalue weighted by molar-refractivity contribution is 0.0336. The topological polar surface area (TPSA) is 20.3 Å². The fraction of sp³-hybridized carbons (Fsp3) is 0.562. The first kappa shape index (κ1) is 14.6. The van der Waals surface area contributed by atoms with Gasteiger partial charge in [0.05, 0.1) is 5.56 Å². The van der Waals surface area contributed by atoms with Crippen molar-refractivity contribution in [2.75, 3.05) is 7.05 Å². The largest absolute Gasteiger partial charge is 0.300 e. The second-order valence-corrected chi connectivity index (χ2v) is 6.18. The molecule has 1 aromatic rings. The van der Waals surface area contributed by atoms with Crippen LogP contribution in [0.15, 0.2) is 12.1 Å². The van der Waals surface area contributed by atoms with Crippen molar-refractivity contribution in [3.63, 3.8) is 0 Å². The molecule has 21 heavy (non-hydrogen) atoms. The third-order valence-electron chi connectivity index (χ3n) is 4.99. The lowest BCUT2D eigenvalue weighted by atomic mass is 9.76. The molecule has 2 aliphatic heterocycles. The molecule has 0 amide bonds. The highest BCUT2D eigenvalue weighted by molar-refractivity contribution is 5.98. The van der Waals surface area contributed by atoms with Gasteiger partial charge in [-0.15, -0.1) is 0 Å². The molecule has 3 rings (SSSR count). The number of hydrogen-bond acceptors (Lipinski definition) is 2. The molecule has 1 aromatic carbocycles. The normalized spacial score (nSPS) is 29.4. The summed E-state index contributed by atoms with van der Waals surface area (Å²) in [4.78, 5) is 14.8. The van der Waals surface area contributed by atoms with Gasteiger partial charge in [0.15, 0.2) is 17.4 Å². The molecule has 0 radical (unpaired) electrons. The van der Waals surface area contributed by atoms with Gasteiger partial charge in [0.1, 0.15) is 5.82 Å². The Labute approximate surface area is 121 Å². The maximum absolute atomic E-state index is 13.8. The summed E-state index contributed by atoms with van der Waals surface area (Å²) in [5, 5.41) is 0. The van der Waals surface area contributed by atoms with Crippen molar-refractivity contribution < 1.29 is 18.0 Å². The molecular weight excluding hydrogens is 279 g/mol. The van der Waals surface area contributed by atoms with E-state index in [4.69, 9.17) is 0 Å². The summed E-state index contributed by atoms with van der Waals surface area (Å²) in [6, 6.07) is 1.82. The molecule has 2 fully saturated rings. The van der Waals surface area contributed by atoms with Gasteiger partial charge in [0.25, 0.3) is 0 Å². The molecule has 2 aliphatic rings. The Balaban J connectivity index is 1.84. The second kappa shape index (κ2) is 5.44. The Bertz CT molecular complexity index is 561. The van der Waals surface area contributed by atoms with Crippen LogP contribution in [-0.2, 0) is 0 Å². The Hall–Kier alpha value is -1.36. The smallest absolute Gasteiger partial charge is 0.169 e.